The summed E-state index contributed by atoms with van der Waals surface area (Å²) < 4.78 is 10.6. The van der Waals surface area contributed by atoms with Crippen LogP contribution in [0.1, 0.15) is 200 Å². The molecule has 0 amide bonds. The molecular formula is C42H76O5. The molecule has 5 nitrogen and oxygen atoms in total. The molecule has 0 bridgehead atoms. The predicted molar refractivity (Wildman–Crippen MR) is 201 cm³/mol. The Morgan fingerprint density at radius 1 is 0.489 bits per heavy atom. The molecule has 0 saturated carbocycles. The topological polar surface area (TPSA) is 72.8 Å². The van der Waals surface area contributed by atoms with Crippen LogP contribution in [0.5, 0.6) is 0 Å². The van der Waals surface area contributed by atoms with Gasteiger partial charge >= 0.3 is 11.9 Å². The fraction of sp³-hybridized carbons (Fsp3) is 0.810. The second-order valence-electron chi connectivity index (χ2n) is 13.4. The van der Waals surface area contributed by atoms with Gasteiger partial charge in [-0.15, -0.1) is 0 Å². The first kappa shape index (κ1) is 45.1. The van der Waals surface area contributed by atoms with E-state index in [1.54, 1.807) is 0 Å². The largest absolute Gasteiger partial charge is 0.462 e. The minimum Gasteiger partial charge on any atom is -0.462 e. The summed E-state index contributed by atoms with van der Waals surface area (Å²) in [6.07, 6.45) is 46.3. The standard InChI is InChI=1S/C42H76O5/c1-3-5-7-9-11-13-15-17-19-20-21-22-23-25-26-28-30-32-34-36-41(44)46-39-40(38-43)47-42(45)37-35-33-31-29-27-24-18-16-14-12-10-8-6-4-2/h10,12,16-19,40,43H,3-9,11,13-15,20-39H2,1-2H3/b12-10-,18-16-,19-17-. The Morgan fingerprint density at radius 2 is 0.872 bits per heavy atom. The number of aliphatic hydroxyl groups excluding tert-OH is 1. The van der Waals surface area contributed by atoms with Crippen LogP contribution in [0, 0.1) is 0 Å². The molecule has 0 spiro atoms. The monoisotopic (exact) mass is 661 g/mol. The molecule has 0 fully saturated rings. The zero-order valence-electron chi connectivity index (χ0n) is 31.0. The lowest BCUT2D eigenvalue weighted by Gasteiger charge is -2.15. The normalized spacial score (nSPS) is 12.5. The van der Waals surface area contributed by atoms with Crippen molar-refractivity contribution >= 4 is 11.9 Å². The van der Waals surface area contributed by atoms with Crippen molar-refractivity contribution in [1.82, 2.24) is 0 Å². The lowest BCUT2D eigenvalue weighted by Crippen LogP contribution is -2.28. The maximum absolute atomic E-state index is 12.1. The predicted octanol–water partition coefficient (Wildman–Crippen LogP) is 12.5. The van der Waals surface area contributed by atoms with Crippen LogP contribution >= 0.6 is 0 Å². The van der Waals surface area contributed by atoms with E-state index in [2.05, 4.69) is 50.3 Å². The smallest absolute Gasteiger partial charge is 0.306 e. The molecule has 0 radical (unpaired) electrons. The van der Waals surface area contributed by atoms with Crippen LogP contribution in [0.4, 0.5) is 0 Å². The van der Waals surface area contributed by atoms with Gasteiger partial charge < -0.3 is 14.6 Å². The Balaban J connectivity index is 3.55. The van der Waals surface area contributed by atoms with Crippen LogP contribution in [-0.2, 0) is 19.1 Å². The summed E-state index contributed by atoms with van der Waals surface area (Å²) >= 11 is 0. The third kappa shape index (κ3) is 36.8. The summed E-state index contributed by atoms with van der Waals surface area (Å²) in [5, 5.41) is 9.55. The van der Waals surface area contributed by atoms with Crippen LogP contribution in [0.3, 0.4) is 0 Å². The van der Waals surface area contributed by atoms with Gasteiger partial charge in [-0.25, -0.2) is 0 Å². The quantitative estimate of drug-likeness (QED) is 0.0411. The van der Waals surface area contributed by atoms with Gasteiger partial charge in [0.05, 0.1) is 6.61 Å². The maximum Gasteiger partial charge on any atom is 0.306 e. The van der Waals surface area contributed by atoms with Gasteiger partial charge in [0.15, 0.2) is 6.10 Å². The van der Waals surface area contributed by atoms with E-state index in [1.807, 2.05) is 0 Å². The van der Waals surface area contributed by atoms with E-state index in [0.717, 1.165) is 51.4 Å². The molecule has 5 heteroatoms. The molecule has 0 aromatic rings. The molecule has 0 aliphatic rings. The summed E-state index contributed by atoms with van der Waals surface area (Å²) in [4.78, 5) is 24.2. The molecule has 0 saturated heterocycles. The van der Waals surface area contributed by atoms with Gasteiger partial charge in [-0.3, -0.25) is 9.59 Å². The van der Waals surface area contributed by atoms with Gasteiger partial charge in [0.2, 0.25) is 0 Å². The fourth-order valence-corrected chi connectivity index (χ4v) is 5.56. The minimum atomic E-state index is -0.777. The van der Waals surface area contributed by atoms with Gasteiger partial charge in [-0.05, 0) is 64.2 Å². The molecule has 1 atom stereocenters. The van der Waals surface area contributed by atoms with Crippen LogP contribution in [0.25, 0.3) is 0 Å². The average molecular weight is 661 g/mol. The van der Waals surface area contributed by atoms with Gasteiger partial charge in [0.1, 0.15) is 6.61 Å². The third-order valence-electron chi connectivity index (χ3n) is 8.66. The van der Waals surface area contributed by atoms with Crippen molar-refractivity contribution in [2.45, 2.75) is 206 Å². The number of esters is 2. The molecule has 0 aromatic heterocycles. The minimum absolute atomic E-state index is 0.0714. The van der Waals surface area contributed by atoms with Crippen molar-refractivity contribution in [2.24, 2.45) is 0 Å². The highest BCUT2D eigenvalue weighted by molar-refractivity contribution is 5.70. The molecular weight excluding hydrogens is 584 g/mol. The van der Waals surface area contributed by atoms with Crippen molar-refractivity contribution in [3.05, 3.63) is 36.5 Å². The molecule has 0 aliphatic carbocycles. The number of ether oxygens (including phenoxy) is 2. The number of carbonyl (C=O) groups excluding carboxylic acids is 2. The lowest BCUT2D eigenvalue weighted by molar-refractivity contribution is -0.161. The molecule has 1 unspecified atom stereocenters. The maximum atomic E-state index is 12.1. The number of carbonyl (C=O) groups is 2. The Hall–Kier alpha value is -1.88. The third-order valence-corrected chi connectivity index (χ3v) is 8.66. The first-order valence-corrected chi connectivity index (χ1v) is 20.0. The van der Waals surface area contributed by atoms with Crippen molar-refractivity contribution < 1.29 is 24.2 Å². The summed E-state index contributed by atoms with van der Waals surface area (Å²) in [5.74, 6) is -0.607. The fourth-order valence-electron chi connectivity index (χ4n) is 5.56. The van der Waals surface area contributed by atoms with Crippen LogP contribution in [0.15, 0.2) is 36.5 Å². The molecule has 0 heterocycles. The highest BCUT2D eigenvalue weighted by Crippen LogP contribution is 2.13. The Morgan fingerprint density at radius 3 is 1.34 bits per heavy atom. The number of rotatable bonds is 36. The number of aliphatic hydroxyl groups is 1. The number of allylic oxidation sites excluding steroid dienone is 6. The Bertz CT molecular complexity index is 756. The van der Waals surface area contributed by atoms with E-state index in [9.17, 15) is 14.7 Å². The molecule has 0 rings (SSSR count). The van der Waals surface area contributed by atoms with Crippen LogP contribution < -0.4 is 0 Å². The number of hydrogen-bond donors (Lipinski definition) is 1. The van der Waals surface area contributed by atoms with Crippen molar-refractivity contribution in [1.29, 1.82) is 0 Å². The molecule has 0 aliphatic heterocycles. The van der Waals surface area contributed by atoms with E-state index >= 15 is 0 Å². The number of hydrogen-bond acceptors (Lipinski definition) is 5. The van der Waals surface area contributed by atoms with Crippen LogP contribution in [-0.4, -0.2) is 36.4 Å². The summed E-state index contributed by atoms with van der Waals surface area (Å²) in [7, 11) is 0. The second kappa shape index (κ2) is 38.6. The first-order chi connectivity index (χ1) is 23.1. The van der Waals surface area contributed by atoms with Crippen molar-refractivity contribution in [3.8, 4) is 0 Å². The molecule has 47 heavy (non-hydrogen) atoms. The van der Waals surface area contributed by atoms with Gasteiger partial charge in [-0.2, -0.15) is 0 Å². The van der Waals surface area contributed by atoms with E-state index in [4.69, 9.17) is 9.47 Å². The molecule has 0 aromatic carbocycles. The van der Waals surface area contributed by atoms with E-state index in [0.29, 0.717) is 12.8 Å². The summed E-state index contributed by atoms with van der Waals surface area (Å²) in [6.45, 7) is 4.08. The van der Waals surface area contributed by atoms with Crippen molar-refractivity contribution in [2.75, 3.05) is 13.2 Å². The van der Waals surface area contributed by atoms with E-state index in [1.165, 1.54) is 122 Å². The Labute approximate surface area is 291 Å². The van der Waals surface area contributed by atoms with Gasteiger partial charge in [-0.1, -0.05) is 159 Å². The molecule has 1 N–H and O–H groups in total. The first-order valence-electron chi connectivity index (χ1n) is 20.0. The summed E-state index contributed by atoms with van der Waals surface area (Å²) in [6, 6.07) is 0. The van der Waals surface area contributed by atoms with Gasteiger partial charge in [0.25, 0.3) is 0 Å². The zero-order chi connectivity index (χ0) is 34.3. The lowest BCUT2D eigenvalue weighted by atomic mass is 10.1. The summed E-state index contributed by atoms with van der Waals surface area (Å²) in [5.41, 5.74) is 0. The molecule has 274 valence electrons. The highest BCUT2D eigenvalue weighted by Gasteiger charge is 2.16. The van der Waals surface area contributed by atoms with E-state index < -0.39 is 6.10 Å². The second-order valence-corrected chi connectivity index (χ2v) is 13.4. The zero-order valence-corrected chi connectivity index (χ0v) is 31.0. The SMILES string of the molecule is CCCC/C=C\C/C=C\CCCCCCCC(=O)OC(CO)COC(=O)CCCCCCCCCCC/C=C\CCCCCCCC. The van der Waals surface area contributed by atoms with Gasteiger partial charge in [0, 0.05) is 12.8 Å². The number of unbranched alkanes of at least 4 members (excludes halogenated alkanes) is 22. The van der Waals surface area contributed by atoms with Crippen molar-refractivity contribution in [3.63, 3.8) is 0 Å². The van der Waals surface area contributed by atoms with Crippen LogP contribution in [0.2, 0.25) is 0 Å². The average Bonchev–Trinajstić information content (AvgIpc) is 3.07. The Kier molecular flexibility index (Phi) is 37.0. The van der Waals surface area contributed by atoms with E-state index in [-0.39, 0.29) is 25.2 Å². The highest BCUT2D eigenvalue weighted by atomic mass is 16.6.